The molecule has 2 atom stereocenters. The van der Waals surface area contributed by atoms with Gasteiger partial charge in [0.05, 0.1) is 6.61 Å². The summed E-state index contributed by atoms with van der Waals surface area (Å²) in [6, 6.07) is 5.46. The summed E-state index contributed by atoms with van der Waals surface area (Å²) < 4.78 is 19.3. The lowest BCUT2D eigenvalue weighted by molar-refractivity contribution is 0.0497. The first-order chi connectivity index (χ1) is 10.1. The van der Waals surface area contributed by atoms with E-state index in [1.165, 1.54) is 18.9 Å². The van der Waals surface area contributed by atoms with Crippen molar-refractivity contribution in [2.75, 3.05) is 6.61 Å². The number of ether oxygens (including phenoxy) is 1. The second-order valence-electron chi connectivity index (χ2n) is 6.60. The van der Waals surface area contributed by atoms with Crippen LogP contribution in [0.25, 0.3) is 0 Å². The van der Waals surface area contributed by atoms with Gasteiger partial charge in [0.2, 0.25) is 0 Å². The minimum atomic E-state index is -0.203. The third kappa shape index (κ3) is 3.55. The van der Waals surface area contributed by atoms with Gasteiger partial charge in [0.1, 0.15) is 17.7 Å². The molecule has 4 heteroatoms. The van der Waals surface area contributed by atoms with Gasteiger partial charge in [0.25, 0.3) is 0 Å². The van der Waals surface area contributed by atoms with Crippen LogP contribution >= 0.6 is 0 Å². The lowest BCUT2D eigenvalue weighted by atomic mass is 9.80. The van der Waals surface area contributed by atoms with Crippen molar-refractivity contribution in [1.82, 2.24) is 5.32 Å². The van der Waals surface area contributed by atoms with Gasteiger partial charge in [0, 0.05) is 18.0 Å². The van der Waals surface area contributed by atoms with Crippen molar-refractivity contribution >= 4 is 0 Å². The second-order valence-corrected chi connectivity index (χ2v) is 6.60. The fourth-order valence-corrected chi connectivity index (χ4v) is 3.27. The molecular weight excluding hydrogens is 269 g/mol. The van der Waals surface area contributed by atoms with Crippen LogP contribution in [-0.4, -0.2) is 29.4 Å². The predicted molar refractivity (Wildman–Crippen MR) is 80.0 cm³/mol. The van der Waals surface area contributed by atoms with E-state index < -0.39 is 0 Å². The molecule has 3 rings (SSSR count). The van der Waals surface area contributed by atoms with Gasteiger partial charge in [-0.05, 0) is 62.8 Å². The molecule has 2 fully saturated rings. The molecule has 0 saturated heterocycles. The average molecular weight is 293 g/mol. The summed E-state index contributed by atoms with van der Waals surface area (Å²) in [6.07, 6.45) is 6.37. The topological polar surface area (TPSA) is 41.5 Å². The molecule has 3 nitrogen and oxygen atoms in total. The molecule has 0 radical (unpaired) electrons. The highest BCUT2D eigenvalue weighted by Gasteiger charge is 2.40. The minimum Gasteiger partial charge on any atom is -0.490 e. The first-order valence-corrected chi connectivity index (χ1v) is 7.92. The summed E-state index contributed by atoms with van der Waals surface area (Å²) in [6.45, 7) is 1.90. The van der Waals surface area contributed by atoms with E-state index in [1.54, 1.807) is 19.1 Å². The van der Waals surface area contributed by atoms with E-state index in [0.717, 1.165) is 31.4 Å². The fourth-order valence-electron chi connectivity index (χ4n) is 3.27. The van der Waals surface area contributed by atoms with Crippen LogP contribution in [0.2, 0.25) is 0 Å². The largest absolute Gasteiger partial charge is 0.490 e. The number of aryl methyl sites for hydroxylation is 1. The SMILES string of the molecule is Cc1cc(OC2CCCC(CO)(NC3CC3)C2)ccc1F. The molecule has 2 aliphatic carbocycles. The fraction of sp³-hybridized carbons (Fsp3) is 0.647. The molecule has 2 saturated carbocycles. The predicted octanol–water partition coefficient (Wildman–Crippen LogP) is 2.94. The Morgan fingerprint density at radius 2 is 2.19 bits per heavy atom. The number of hydrogen-bond donors (Lipinski definition) is 2. The first kappa shape index (κ1) is 14.8. The van der Waals surface area contributed by atoms with Crippen molar-refractivity contribution < 1.29 is 14.2 Å². The molecule has 1 aromatic rings. The summed E-state index contributed by atoms with van der Waals surface area (Å²) >= 11 is 0. The minimum absolute atomic E-state index is 0.0852. The Bertz CT molecular complexity index is 504. The highest BCUT2D eigenvalue weighted by atomic mass is 19.1. The zero-order chi connectivity index (χ0) is 14.9. The van der Waals surface area contributed by atoms with Crippen molar-refractivity contribution in [3.05, 3.63) is 29.6 Å². The molecule has 0 spiro atoms. The lowest BCUT2D eigenvalue weighted by Crippen LogP contribution is -2.54. The van der Waals surface area contributed by atoms with Gasteiger partial charge in [-0.25, -0.2) is 4.39 Å². The second kappa shape index (κ2) is 5.93. The molecule has 0 aromatic heterocycles. The van der Waals surface area contributed by atoms with Gasteiger partial charge in [0.15, 0.2) is 0 Å². The molecule has 116 valence electrons. The van der Waals surface area contributed by atoms with Crippen LogP contribution in [0.5, 0.6) is 5.75 Å². The zero-order valence-corrected chi connectivity index (χ0v) is 12.6. The van der Waals surface area contributed by atoms with E-state index >= 15 is 0 Å². The normalized spacial score (nSPS) is 29.4. The number of aliphatic hydroxyl groups is 1. The van der Waals surface area contributed by atoms with Crippen LogP contribution < -0.4 is 10.1 Å². The lowest BCUT2D eigenvalue weighted by Gasteiger charge is -2.40. The highest BCUT2D eigenvalue weighted by Crippen LogP contribution is 2.34. The van der Waals surface area contributed by atoms with Gasteiger partial charge in [-0.15, -0.1) is 0 Å². The molecule has 0 heterocycles. The van der Waals surface area contributed by atoms with Crippen LogP contribution in [0.15, 0.2) is 18.2 Å². The number of rotatable bonds is 5. The Morgan fingerprint density at radius 1 is 1.38 bits per heavy atom. The van der Waals surface area contributed by atoms with Crippen molar-refractivity contribution in [2.45, 2.75) is 63.1 Å². The van der Waals surface area contributed by atoms with Gasteiger partial charge in [-0.1, -0.05) is 0 Å². The van der Waals surface area contributed by atoms with E-state index in [4.69, 9.17) is 4.74 Å². The maximum absolute atomic E-state index is 13.3. The van der Waals surface area contributed by atoms with Crippen molar-refractivity contribution in [3.63, 3.8) is 0 Å². The molecule has 2 unspecified atom stereocenters. The van der Waals surface area contributed by atoms with Gasteiger partial charge in [-0.3, -0.25) is 0 Å². The van der Waals surface area contributed by atoms with Crippen molar-refractivity contribution in [3.8, 4) is 5.75 Å². The van der Waals surface area contributed by atoms with Gasteiger partial charge >= 0.3 is 0 Å². The smallest absolute Gasteiger partial charge is 0.126 e. The number of hydrogen-bond acceptors (Lipinski definition) is 3. The number of benzene rings is 1. The Kier molecular flexibility index (Phi) is 4.18. The molecule has 2 N–H and O–H groups in total. The summed E-state index contributed by atoms with van der Waals surface area (Å²) in [7, 11) is 0. The molecule has 2 aliphatic rings. The number of nitrogens with one attached hydrogen (secondary N) is 1. The standard InChI is InChI=1S/C17H24FNO2/c1-12-9-14(6-7-16(12)18)21-15-3-2-8-17(10-15,11-20)19-13-4-5-13/h6-7,9,13,15,19-20H,2-5,8,10-11H2,1H3. The molecule has 1 aromatic carbocycles. The van der Waals surface area contributed by atoms with Crippen LogP contribution in [0.1, 0.15) is 44.1 Å². The van der Waals surface area contributed by atoms with Crippen LogP contribution in [0, 0.1) is 12.7 Å². The summed E-state index contributed by atoms with van der Waals surface area (Å²) in [5, 5.41) is 13.4. The highest BCUT2D eigenvalue weighted by molar-refractivity contribution is 5.29. The van der Waals surface area contributed by atoms with E-state index in [-0.39, 0.29) is 24.1 Å². The Labute approximate surface area is 125 Å². The molecule has 0 amide bonds. The van der Waals surface area contributed by atoms with E-state index in [1.807, 2.05) is 0 Å². The maximum atomic E-state index is 13.3. The Hall–Kier alpha value is -1.13. The van der Waals surface area contributed by atoms with Crippen molar-refractivity contribution in [2.24, 2.45) is 0 Å². The summed E-state index contributed by atoms with van der Waals surface area (Å²) in [5.74, 6) is 0.519. The van der Waals surface area contributed by atoms with Gasteiger partial charge in [-0.2, -0.15) is 0 Å². The third-order valence-corrected chi connectivity index (χ3v) is 4.62. The van der Waals surface area contributed by atoms with Crippen molar-refractivity contribution in [1.29, 1.82) is 0 Å². The van der Waals surface area contributed by atoms with Crippen LogP contribution in [-0.2, 0) is 0 Å². The number of halogens is 1. The zero-order valence-electron chi connectivity index (χ0n) is 12.6. The Morgan fingerprint density at radius 3 is 2.86 bits per heavy atom. The van der Waals surface area contributed by atoms with Crippen LogP contribution in [0.4, 0.5) is 4.39 Å². The third-order valence-electron chi connectivity index (χ3n) is 4.62. The summed E-state index contributed by atoms with van der Waals surface area (Å²) in [5.41, 5.74) is 0.409. The van der Waals surface area contributed by atoms with E-state index in [0.29, 0.717) is 11.6 Å². The average Bonchev–Trinajstić information content (AvgIpc) is 3.27. The molecule has 0 aliphatic heterocycles. The van der Waals surface area contributed by atoms with E-state index in [2.05, 4.69) is 5.32 Å². The number of aliphatic hydroxyl groups excluding tert-OH is 1. The van der Waals surface area contributed by atoms with Gasteiger partial charge < -0.3 is 15.2 Å². The van der Waals surface area contributed by atoms with E-state index in [9.17, 15) is 9.50 Å². The quantitative estimate of drug-likeness (QED) is 0.877. The summed E-state index contributed by atoms with van der Waals surface area (Å²) in [4.78, 5) is 0. The first-order valence-electron chi connectivity index (χ1n) is 7.92. The maximum Gasteiger partial charge on any atom is 0.126 e. The molecule has 21 heavy (non-hydrogen) atoms. The van der Waals surface area contributed by atoms with Crippen LogP contribution in [0.3, 0.4) is 0 Å². The molecule has 0 bridgehead atoms. The monoisotopic (exact) mass is 293 g/mol. The Balaban J connectivity index is 1.65. The molecular formula is C17H24FNO2.